The maximum atomic E-state index is 11.5. The minimum Gasteiger partial charge on any atom is -0.480 e. The molecule has 0 radical (unpaired) electrons. The fraction of sp³-hybridized carbons (Fsp3) is 0.333. The molecule has 0 spiro atoms. The van der Waals surface area contributed by atoms with E-state index in [1.54, 1.807) is 18.3 Å². The Labute approximate surface area is 96.2 Å². The average molecular weight is 306 g/mol. The fourth-order valence-corrected chi connectivity index (χ4v) is 1.25. The molecule has 0 aliphatic rings. The minimum absolute atomic E-state index is 0.147. The smallest absolute Gasteiger partial charge is 0.256 e. The van der Waals surface area contributed by atoms with Crippen LogP contribution in [0.2, 0.25) is 0 Å². The second-order valence-corrected chi connectivity index (χ2v) is 3.58. The van der Waals surface area contributed by atoms with Gasteiger partial charge in [0.05, 0.1) is 7.11 Å². The van der Waals surface area contributed by atoms with Gasteiger partial charge in [-0.05, 0) is 12.1 Å². The van der Waals surface area contributed by atoms with Gasteiger partial charge < -0.3 is 10.1 Å². The van der Waals surface area contributed by atoms with E-state index in [4.69, 9.17) is 4.74 Å². The lowest BCUT2D eigenvalue weighted by Gasteiger charge is -2.06. The zero-order chi connectivity index (χ0) is 10.4. The number of carbonyl (C=O) groups is 1. The third kappa shape index (κ3) is 2.83. The van der Waals surface area contributed by atoms with E-state index in [-0.39, 0.29) is 5.91 Å². The summed E-state index contributed by atoms with van der Waals surface area (Å²) in [5, 5.41) is 2.76. The van der Waals surface area contributed by atoms with Crippen LogP contribution in [0.15, 0.2) is 18.3 Å². The van der Waals surface area contributed by atoms with Gasteiger partial charge in [-0.25, -0.2) is 4.98 Å². The monoisotopic (exact) mass is 306 g/mol. The first-order chi connectivity index (χ1) is 6.79. The predicted molar refractivity (Wildman–Crippen MR) is 62.0 cm³/mol. The Bertz CT molecular complexity index is 317. The van der Waals surface area contributed by atoms with Crippen LogP contribution in [0.1, 0.15) is 10.4 Å². The molecular formula is C9H11IN2O2. The molecule has 1 N–H and O–H groups in total. The lowest BCUT2D eigenvalue weighted by Crippen LogP contribution is -2.25. The SMILES string of the molecule is COc1ncccc1C(=O)NCCI. The largest absolute Gasteiger partial charge is 0.480 e. The number of hydrogen-bond donors (Lipinski definition) is 1. The number of nitrogens with one attached hydrogen (secondary N) is 1. The number of nitrogens with zero attached hydrogens (tertiary/aromatic N) is 1. The van der Waals surface area contributed by atoms with Gasteiger partial charge in [-0.15, -0.1) is 0 Å². The van der Waals surface area contributed by atoms with Crippen molar-refractivity contribution < 1.29 is 9.53 Å². The third-order valence-electron chi connectivity index (χ3n) is 1.59. The molecule has 14 heavy (non-hydrogen) atoms. The summed E-state index contributed by atoms with van der Waals surface area (Å²) < 4.78 is 5.85. The van der Waals surface area contributed by atoms with Gasteiger partial charge in [0.1, 0.15) is 5.56 Å². The highest BCUT2D eigenvalue weighted by atomic mass is 127. The number of aromatic nitrogens is 1. The Morgan fingerprint density at radius 1 is 1.71 bits per heavy atom. The van der Waals surface area contributed by atoms with Crippen LogP contribution in [0, 0.1) is 0 Å². The molecule has 1 amide bonds. The number of hydrogen-bond acceptors (Lipinski definition) is 3. The summed E-state index contributed by atoms with van der Waals surface area (Å²) in [7, 11) is 1.50. The summed E-state index contributed by atoms with van der Waals surface area (Å²) in [5.41, 5.74) is 0.472. The number of methoxy groups -OCH3 is 1. The number of carbonyl (C=O) groups excluding carboxylic acids is 1. The maximum absolute atomic E-state index is 11.5. The number of pyridine rings is 1. The molecule has 0 aliphatic heterocycles. The van der Waals surface area contributed by atoms with Gasteiger partial charge in [0.15, 0.2) is 0 Å². The summed E-state index contributed by atoms with van der Waals surface area (Å²) in [6.45, 7) is 0.650. The Kier molecular flexibility index (Phi) is 4.64. The van der Waals surface area contributed by atoms with Crippen LogP contribution in [0.4, 0.5) is 0 Å². The molecule has 1 rings (SSSR count). The first-order valence-corrected chi connectivity index (χ1v) is 5.65. The number of amides is 1. The second kappa shape index (κ2) is 5.79. The zero-order valence-electron chi connectivity index (χ0n) is 7.79. The quantitative estimate of drug-likeness (QED) is 0.673. The predicted octanol–water partition coefficient (Wildman–Crippen LogP) is 1.26. The van der Waals surface area contributed by atoms with Gasteiger partial charge in [-0.3, -0.25) is 4.79 Å². The Morgan fingerprint density at radius 3 is 3.14 bits per heavy atom. The highest BCUT2D eigenvalue weighted by Crippen LogP contribution is 2.12. The summed E-state index contributed by atoms with van der Waals surface area (Å²) in [6, 6.07) is 3.40. The van der Waals surface area contributed by atoms with E-state index >= 15 is 0 Å². The normalized spacial score (nSPS) is 9.57. The van der Waals surface area contributed by atoms with Gasteiger partial charge in [-0.2, -0.15) is 0 Å². The van der Waals surface area contributed by atoms with Crippen LogP contribution in [0.5, 0.6) is 5.88 Å². The molecule has 0 bridgehead atoms. The Hall–Kier alpha value is -0.850. The van der Waals surface area contributed by atoms with Crippen molar-refractivity contribution in [2.45, 2.75) is 0 Å². The molecular weight excluding hydrogens is 295 g/mol. The van der Waals surface area contributed by atoms with Gasteiger partial charge in [0, 0.05) is 17.2 Å². The third-order valence-corrected chi connectivity index (χ3v) is 2.13. The molecule has 1 heterocycles. The first-order valence-electron chi connectivity index (χ1n) is 4.12. The van der Waals surface area contributed by atoms with Crippen molar-refractivity contribution in [1.82, 2.24) is 10.3 Å². The molecule has 1 aromatic rings. The number of alkyl halides is 1. The molecule has 1 aromatic heterocycles. The highest BCUT2D eigenvalue weighted by Gasteiger charge is 2.11. The van der Waals surface area contributed by atoms with Gasteiger partial charge in [0.25, 0.3) is 5.91 Å². The number of halogens is 1. The van der Waals surface area contributed by atoms with E-state index in [1.807, 2.05) is 0 Å². The van der Waals surface area contributed by atoms with E-state index in [2.05, 4.69) is 32.9 Å². The molecule has 0 aromatic carbocycles. The van der Waals surface area contributed by atoms with Gasteiger partial charge in [-0.1, -0.05) is 22.6 Å². The molecule has 0 saturated carbocycles. The van der Waals surface area contributed by atoms with E-state index in [0.717, 1.165) is 4.43 Å². The maximum Gasteiger partial charge on any atom is 0.256 e. The number of rotatable bonds is 4. The molecule has 0 unspecified atom stereocenters. The van der Waals surface area contributed by atoms with Gasteiger partial charge in [0.2, 0.25) is 5.88 Å². The minimum atomic E-state index is -0.147. The average Bonchev–Trinajstić information content (AvgIpc) is 2.25. The Balaban J connectivity index is 2.78. The van der Waals surface area contributed by atoms with E-state index in [0.29, 0.717) is 18.0 Å². The van der Waals surface area contributed by atoms with Crippen molar-refractivity contribution >= 4 is 28.5 Å². The van der Waals surface area contributed by atoms with Crippen LogP contribution in [-0.2, 0) is 0 Å². The standard InChI is InChI=1S/C9H11IN2O2/c1-14-9-7(3-2-5-12-9)8(13)11-6-4-10/h2-3,5H,4,6H2,1H3,(H,11,13). The second-order valence-electron chi connectivity index (χ2n) is 2.51. The highest BCUT2D eigenvalue weighted by molar-refractivity contribution is 14.1. The first kappa shape index (κ1) is 11.2. The molecule has 5 heteroatoms. The Morgan fingerprint density at radius 2 is 2.50 bits per heavy atom. The summed E-state index contributed by atoms with van der Waals surface area (Å²) >= 11 is 2.20. The van der Waals surface area contributed by atoms with Crippen LogP contribution in [-0.4, -0.2) is 29.0 Å². The molecule has 0 fully saturated rings. The molecule has 4 nitrogen and oxygen atoms in total. The summed E-state index contributed by atoms with van der Waals surface area (Å²) in [5.74, 6) is 0.213. The van der Waals surface area contributed by atoms with Crippen molar-refractivity contribution in [2.75, 3.05) is 18.1 Å². The lowest BCUT2D eigenvalue weighted by atomic mass is 10.2. The van der Waals surface area contributed by atoms with Crippen molar-refractivity contribution in [2.24, 2.45) is 0 Å². The van der Waals surface area contributed by atoms with E-state index < -0.39 is 0 Å². The van der Waals surface area contributed by atoms with Crippen molar-refractivity contribution in [3.63, 3.8) is 0 Å². The van der Waals surface area contributed by atoms with Crippen molar-refractivity contribution in [3.05, 3.63) is 23.9 Å². The summed E-state index contributed by atoms with van der Waals surface area (Å²) in [6.07, 6.45) is 1.59. The lowest BCUT2D eigenvalue weighted by molar-refractivity contribution is 0.0952. The van der Waals surface area contributed by atoms with Crippen LogP contribution in [0.25, 0.3) is 0 Å². The number of ether oxygens (including phenoxy) is 1. The van der Waals surface area contributed by atoms with Crippen LogP contribution >= 0.6 is 22.6 Å². The summed E-state index contributed by atoms with van der Waals surface area (Å²) in [4.78, 5) is 15.5. The van der Waals surface area contributed by atoms with Crippen molar-refractivity contribution in [1.29, 1.82) is 0 Å². The van der Waals surface area contributed by atoms with Crippen LogP contribution < -0.4 is 10.1 Å². The van der Waals surface area contributed by atoms with Crippen molar-refractivity contribution in [3.8, 4) is 5.88 Å². The molecule has 0 saturated heterocycles. The molecule has 0 atom stereocenters. The molecule has 0 aliphatic carbocycles. The van der Waals surface area contributed by atoms with Crippen LogP contribution in [0.3, 0.4) is 0 Å². The van der Waals surface area contributed by atoms with E-state index in [1.165, 1.54) is 7.11 Å². The van der Waals surface area contributed by atoms with E-state index in [9.17, 15) is 4.79 Å². The zero-order valence-corrected chi connectivity index (χ0v) is 9.95. The topological polar surface area (TPSA) is 51.2 Å². The van der Waals surface area contributed by atoms with Gasteiger partial charge >= 0.3 is 0 Å². The fourth-order valence-electron chi connectivity index (χ4n) is 0.982. The molecule has 76 valence electrons.